The number of fused-ring (bicyclic) bond motifs is 1. The summed E-state index contributed by atoms with van der Waals surface area (Å²) in [5, 5.41) is 6.77. The van der Waals surface area contributed by atoms with Crippen molar-refractivity contribution in [2.75, 3.05) is 7.05 Å². The SMILES string of the molecule is CN=C(NCc1ccc(-n2ccnc2)c(F)c1)NC1CC(C)(C)Oc2ccccc21. The summed E-state index contributed by atoms with van der Waals surface area (Å²) in [5.41, 5.74) is 2.12. The lowest BCUT2D eigenvalue weighted by Gasteiger charge is -2.38. The minimum absolute atomic E-state index is 0.0662. The number of aliphatic imine (C=N–C) groups is 1. The molecule has 0 saturated heterocycles. The molecule has 0 fully saturated rings. The number of nitrogens with zero attached hydrogens (tertiary/aromatic N) is 3. The predicted octanol–water partition coefficient (Wildman–Crippen LogP) is 3.98. The molecule has 0 aliphatic carbocycles. The van der Waals surface area contributed by atoms with Gasteiger partial charge in [0.25, 0.3) is 0 Å². The molecular weight excluding hydrogens is 381 g/mol. The van der Waals surface area contributed by atoms with Gasteiger partial charge in [-0.25, -0.2) is 9.37 Å². The van der Waals surface area contributed by atoms with Crippen LogP contribution >= 0.6 is 0 Å². The summed E-state index contributed by atoms with van der Waals surface area (Å²) in [6, 6.07) is 13.3. The van der Waals surface area contributed by atoms with Crippen molar-refractivity contribution in [3.8, 4) is 11.4 Å². The third-order valence-electron chi connectivity index (χ3n) is 5.17. The van der Waals surface area contributed by atoms with Crippen molar-refractivity contribution in [3.63, 3.8) is 0 Å². The molecule has 1 unspecified atom stereocenters. The summed E-state index contributed by atoms with van der Waals surface area (Å²) in [7, 11) is 1.73. The predicted molar refractivity (Wildman–Crippen MR) is 115 cm³/mol. The van der Waals surface area contributed by atoms with Crippen LogP contribution in [0.5, 0.6) is 5.75 Å². The number of hydrogen-bond donors (Lipinski definition) is 2. The maximum absolute atomic E-state index is 14.5. The number of ether oxygens (including phenoxy) is 1. The van der Waals surface area contributed by atoms with Gasteiger partial charge in [0.1, 0.15) is 17.2 Å². The number of imidazole rings is 1. The maximum Gasteiger partial charge on any atom is 0.191 e. The summed E-state index contributed by atoms with van der Waals surface area (Å²) in [6.07, 6.45) is 5.73. The van der Waals surface area contributed by atoms with Crippen LogP contribution in [0.25, 0.3) is 5.69 Å². The average Bonchev–Trinajstić information content (AvgIpc) is 3.24. The Morgan fingerprint density at radius 3 is 2.87 bits per heavy atom. The van der Waals surface area contributed by atoms with E-state index >= 15 is 0 Å². The Hall–Kier alpha value is -3.35. The van der Waals surface area contributed by atoms with Crippen molar-refractivity contribution >= 4 is 5.96 Å². The van der Waals surface area contributed by atoms with Crippen LogP contribution in [0.1, 0.15) is 37.4 Å². The van der Waals surface area contributed by atoms with E-state index in [-0.39, 0.29) is 17.5 Å². The van der Waals surface area contributed by atoms with Gasteiger partial charge >= 0.3 is 0 Å². The first kappa shape index (κ1) is 19.9. The van der Waals surface area contributed by atoms with Crippen molar-refractivity contribution in [2.24, 2.45) is 4.99 Å². The average molecular weight is 407 g/mol. The summed E-state index contributed by atoms with van der Waals surface area (Å²) < 4.78 is 22.3. The topological polar surface area (TPSA) is 63.5 Å². The van der Waals surface area contributed by atoms with Crippen molar-refractivity contribution < 1.29 is 9.13 Å². The zero-order chi connectivity index (χ0) is 21.1. The molecule has 0 saturated carbocycles. The molecule has 2 aromatic carbocycles. The van der Waals surface area contributed by atoms with Crippen LogP contribution in [-0.4, -0.2) is 28.2 Å². The second-order valence-electron chi connectivity index (χ2n) is 7.98. The van der Waals surface area contributed by atoms with E-state index in [1.54, 1.807) is 36.4 Å². The quantitative estimate of drug-likeness (QED) is 0.507. The smallest absolute Gasteiger partial charge is 0.191 e. The van der Waals surface area contributed by atoms with Gasteiger partial charge in [0.15, 0.2) is 5.96 Å². The fourth-order valence-corrected chi connectivity index (χ4v) is 3.75. The number of para-hydroxylation sites is 1. The van der Waals surface area contributed by atoms with Crippen molar-refractivity contribution in [1.82, 2.24) is 20.2 Å². The third-order valence-corrected chi connectivity index (χ3v) is 5.17. The Balaban J connectivity index is 1.44. The molecule has 2 N–H and O–H groups in total. The number of nitrogens with one attached hydrogen (secondary N) is 2. The first-order valence-electron chi connectivity index (χ1n) is 9.97. The zero-order valence-electron chi connectivity index (χ0n) is 17.4. The Labute approximate surface area is 175 Å². The number of aromatic nitrogens is 2. The van der Waals surface area contributed by atoms with Crippen molar-refractivity contribution in [2.45, 2.75) is 38.5 Å². The maximum atomic E-state index is 14.5. The van der Waals surface area contributed by atoms with E-state index in [0.717, 1.165) is 23.3 Å². The van der Waals surface area contributed by atoms with Crippen LogP contribution in [0.2, 0.25) is 0 Å². The van der Waals surface area contributed by atoms with Gasteiger partial charge in [-0.05, 0) is 37.6 Å². The van der Waals surface area contributed by atoms with Gasteiger partial charge in [-0.1, -0.05) is 24.3 Å². The van der Waals surface area contributed by atoms with Gasteiger partial charge in [-0.3, -0.25) is 4.99 Å². The van der Waals surface area contributed by atoms with Crippen molar-refractivity contribution in [1.29, 1.82) is 0 Å². The van der Waals surface area contributed by atoms with E-state index in [2.05, 4.69) is 40.5 Å². The molecule has 4 rings (SSSR count). The Kier molecular flexibility index (Phi) is 5.44. The molecule has 7 heteroatoms. The molecule has 0 amide bonds. The molecule has 1 atom stereocenters. The normalized spacial score (nSPS) is 17.7. The molecule has 1 aromatic heterocycles. The highest BCUT2D eigenvalue weighted by Gasteiger charge is 2.33. The van der Waals surface area contributed by atoms with Gasteiger partial charge in [0.05, 0.1) is 18.1 Å². The van der Waals surface area contributed by atoms with Gasteiger partial charge < -0.3 is 19.9 Å². The Morgan fingerprint density at radius 2 is 2.13 bits per heavy atom. The largest absolute Gasteiger partial charge is 0.487 e. The minimum Gasteiger partial charge on any atom is -0.487 e. The Bertz CT molecular complexity index is 1050. The summed E-state index contributed by atoms with van der Waals surface area (Å²) >= 11 is 0. The highest BCUT2D eigenvalue weighted by Crippen LogP contribution is 2.39. The molecule has 156 valence electrons. The van der Waals surface area contributed by atoms with Gasteiger partial charge in [0, 0.05) is 38.0 Å². The molecular formula is C23H26FN5O. The molecule has 0 radical (unpaired) electrons. The fourth-order valence-electron chi connectivity index (χ4n) is 3.75. The van der Waals surface area contributed by atoms with Crippen LogP contribution < -0.4 is 15.4 Å². The van der Waals surface area contributed by atoms with E-state index < -0.39 is 0 Å². The first-order chi connectivity index (χ1) is 14.4. The lowest BCUT2D eigenvalue weighted by atomic mass is 9.90. The van der Waals surface area contributed by atoms with Crippen LogP contribution in [0.4, 0.5) is 4.39 Å². The van der Waals surface area contributed by atoms with Crippen LogP contribution in [0.3, 0.4) is 0 Å². The van der Waals surface area contributed by atoms with E-state index in [1.807, 2.05) is 24.3 Å². The molecule has 1 aliphatic heterocycles. The van der Waals surface area contributed by atoms with Gasteiger partial charge in [-0.2, -0.15) is 0 Å². The molecule has 6 nitrogen and oxygen atoms in total. The molecule has 0 spiro atoms. The van der Waals surface area contributed by atoms with Gasteiger partial charge in [-0.15, -0.1) is 0 Å². The molecule has 30 heavy (non-hydrogen) atoms. The lowest BCUT2D eigenvalue weighted by molar-refractivity contribution is 0.0694. The Morgan fingerprint density at radius 1 is 1.30 bits per heavy atom. The molecule has 2 heterocycles. The minimum atomic E-state index is -0.296. The summed E-state index contributed by atoms with van der Waals surface area (Å²) in [5.74, 6) is 1.25. The molecule has 1 aliphatic rings. The number of hydrogen-bond acceptors (Lipinski definition) is 3. The van der Waals surface area contributed by atoms with E-state index in [0.29, 0.717) is 18.2 Å². The molecule has 3 aromatic rings. The monoisotopic (exact) mass is 407 g/mol. The number of halogens is 1. The third kappa shape index (κ3) is 4.30. The second-order valence-corrected chi connectivity index (χ2v) is 7.98. The number of guanidine groups is 1. The zero-order valence-corrected chi connectivity index (χ0v) is 17.4. The second kappa shape index (κ2) is 8.18. The van der Waals surface area contributed by atoms with Gasteiger partial charge in [0.2, 0.25) is 0 Å². The number of benzene rings is 2. The highest BCUT2D eigenvalue weighted by atomic mass is 19.1. The lowest BCUT2D eigenvalue weighted by Crippen LogP contribution is -2.45. The highest BCUT2D eigenvalue weighted by molar-refractivity contribution is 5.80. The van der Waals surface area contributed by atoms with E-state index in [4.69, 9.17) is 4.74 Å². The first-order valence-corrected chi connectivity index (χ1v) is 9.97. The standard InChI is InChI=1S/C23H26FN5O/c1-23(2)13-19(17-6-4-5-7-21(17)30-23)28-22(25-3)27-14-16-8-9-20(18(24)12-16)29-11-10-26-15-29/h4-12,15,19H,13-14H2,1-3H3,(H2,25,27,28). The van der Waals surface area contributed by atoms with Crippen LogP contribution in [0.15, 0.2) is 66.2 Å². The van der Waals surface area contributed by atoms with Crippen LogP contribution in [0, 0.1) is 5.82 Å². The van der Waals surface area contributed by atoms with Crippen LogP contribution in [-0.2, 0) is 6.54 Å². The fraction of sp³-hybridized carbons (Fsp3) is 0.304. The van der Waals surface area contributed by atoms with Crippen molar-refractivity contribution in [3.05, 3.63) is 78.1 Å². The van der Waals surface area contributed by atoms with E-state index in [9.17, 15) is 4.39 Å². The summed E-state index contributed by atoms with van der Waals surface area (Å²) in [6.45, 7) is 4.62. The van der Waals surface area contributed by atoms with E-state index in [1.165, 1.54) is 6.07 Å². The summed E-state index contributed by atoms with van der Waals surface area (Å²) in [4.78, 5) is 8.31. The molecule has 0 bridgehead atoms. The number of rotatable bonds is 4.